The molecule has 2 aromatic heterocycles. The van der Waals surface area contributed by atoms with Crippen LogP contribution in [-0.4, -0.2) is 19.5 Å². The van der Waals surface area contributed by atoms with Crippen LogP contribution in [0.1, 0.15) is 5.56 Å². The summed E-state index contributed by atoms with van der Waals surface area (Å²) in [6, 6.07) is 52.1. The molecule has 0 aliphatic carbocycles. The van der Waals surface area contributed by atoms with Gasteiger partial charge in [-0.25, -0.2) is 23.7 Å². The lowest BCUT2D eigenvalue weighted by molar-refractivity contribution is 0.589. The van der Waals surface area contributed by atoms with Crippen molar-refractivity contribution in [2.75, 3.05) is 0 Å². The second kappa shape index (κ2) is 12.8. The Bertz CT molecular complexity index is 2680. The van der Waals surface area contributed by atoms with E-state index in [0.29, 0.717) is 34.3 Å². The zero-order valence-corrected chi connectivity index (χ0v) is 28.1. The number of rotatable bonds is 6. The van der Waals surface area contributed by atoms with Crippen LogP contribution in [0, 0.1) is 18.6 Å². The van der Waals surface area contributed by atoms with Crippen molar-refractivity contribution in [3.05, 3.63) is 181 Å². The van der Waals surface area contributed by atoms with Crippen LogP contribution in [-0.2, 0) is 0 Å². The monoisotopic (exact) mass is 676 g/mol. The van der Waals surface area contributed by atoms with Crippen LogP contribution in [0.25, 0.3) is 83.9 Å². The number of hydrogen-bond donors (Lipinski definition) is 0. The van der Waals surface area contributed by atoms with Gasteiger partial charge in [0.1, 0.15) is 11.6 Å². The van der Waals surface area contributed by atoms with Gasteiger partial charge < -0.3 is 4.57 Å². The van der Waals surface area contributed by atoms with E-state index in [1.165, 1.54) is 23.8 Å². The lowest BCUT2D eigenvalue weighted by Crippen LogP contribution is -2.04. The SMILES string of the molecule is Cc1ccc(-c2ccc3c4ccccc4n(-c4cc(-c5c(F)cccc5F)ccc4-c4nc(-c5ccccc5)nc(-c5ccccc5)n4)c3c2)cc1. The first kappa shape index (κ1) is 31.2. The second-order valence-electron chi connectivity index (χ2n) is 12.8. The molecular weight excluding hydrogens is 647 g/mol. The first-order valence-corrected chi connectivity index (χ1v) is 17.1. The number of benzene rings is 7. The van der Waals surface area contributed by atoms with Crippen LogP contribution in [0.5, 0.6) is 0 Å². The van der Waals surface area contributed by atoms with Gasteiger partial charge in [-0.3, -0.25) is 0 Å². The predicted molar refractivity (Wildman–Crippen MR) is 206 cm³/mol. The molecule has 0 saturated heterocycles. The first-order chi connectivity index (χ1) is 25.5. The highest BCUT2D eigenvalue weighted by molar-refractivity contribution is 6.10. The zero-order chi connectivity index (χ0) is 35.2. The van der Waals surface area contributed by atoms with E-state index >= 15 is 8.78 Å². The molecule has 0 saturated carbocycles. The molecule has 4 nitrogen and oxygen atoms in total. The van der Waals surface area contributed by atoms with Crippen molar-refractivity contribution >= 4 is 21.8 Å². The number of aromatic nitrogens is 4. The van der Waals surface area contributed by atoms with Gasteiger partial charge in [0.2, 0.25) is 0 Å². The Morgan fingerprint density at radius 1 is 0.423 bits per heavy atom. The van der Waals surface area contributed by atoms with E-state index < -0.39 is 11.6 Å². The molecule has 0 aliphatic heterocycles. The van der Waals surface area contributed by atoms with Gasteiger partial charge in [-0.2, -0.15) is 0 Å². The third kappa shape index (κ3) is 5.51. The van der Waals surface area contributed by atoms with Gasteiger partial charge in [-0.15, -0.1) is 0 Å². The van der Waals surface area contributed by atoms with Crippen molar-refractivity contribution in [3.63, 3.8) is 0 Å². The highest BCUT2D eigenvalue weighted by Gasteiger charge is 2.22. The standard InChI is InChI=1S/C46H30F2N4/c1-29-19-21-30(22-20-29)33-23-25-36-35-15-8-9-18-40(35)52(41(36)27-33)42-28-34(43-38(47)16-10-17-39(43)48)24-26-37(42)46-50-44(31-11-4-2-5-12-31)49-45(51-46)32-13-6-3-7-14-32/h2-28H,1H3. The lowest BCUT2D eigenvalue weighted by atomic mass is 10.00. The summed E-state index contributed by atoms with van der Waals surface area (Å²) in [6.07, 6.45) is 0. The molecular formula is C46H30F2N4. The number of para-hydroxylation sites is 1. The van der Waals surface area contributed by atoms with E-state index in [-0.39, 0.29) is 5.56 Å². The molecule has 0 unspecified atom stereocenters. The highest BCUT2D eigenvalue weighted by atomic mass is 19.1. The minimum absolute atomic E-state index is 0.0954. The van der Waals surface area contributed by atoms with Gasteiger partial charge in [0.05, 0.1) is 22.3 Å². The Kier molecular flexibility index (Phi) is 7.70. The molecule has 0 atom stereocenters. The molecule has 6 heteroatoms. The number of fused-ring (bicyclic) bond motifs is 3. The molecule has 248 valence electrons. The van der Waals surface area contributed by atoms with E-state index in [0.717, 1.165) is 44.1 Å². The molecule has 0 amide bonds. The van der Waals surface area contributed by atoms with E-state index in [9.17, 15) is 0 Å². The third-order valence-electron chi connectivity index (χ3n) is 9.49. The van der Waals surface area contributed by atoms with Crippen molar-refractivity contribution in [2.45, 2.75) is 6.92 Å². The summed E-state index contributed by atoms with van der Waals surface area (Å²) in [5.41, 5.74) is 8.54. The fraction of sp³-hybridized carbons (Fsp3) is 0.0217. The molecule has 7 aromatic carbocycles. The largest absolute Gasteiger partial charge is 0.308 e. The number of nitrogens with zero attached hydrogens (tertiary/aromatic N) is 4. The lowest BCUT2D eigenvalue weighted by Gasteiger charge is -2.17. The van der Waals surface area contributed by atoms with Gasteiger partial charge in [-0.1, -0.05) is 133 Å². The number of halogens is 2. The fourth-order valence-corrected chi connectivity index (χ4v) is 6.92. The summed E-state index contributed by atoms with van der Waals surface area (Å²) in [5, 5.41) is 2.09. The summed E-state index contributed by atoms with van der Waals surface area (Å²) < 4.78 is 33.0. The molecule has 2 heterocycles. The van der Waals surface area contributed by atoms with Crippen LogP contribution in [0.4, 0.5) is 8.78 Å². The molecule has 0 radical (unpaired) electrons. The van der Waals surface area contributed by atoms with E-state index in [4.69, 9.17) is 15.0 Å². The van der Waals surface area contributed by atoms with Gasteiger partial charge in [0.25, 0.3) is 0 Å². The Morgan fingerprint density at radius 3 is 1.65 bits per heavy atom. The molecule has 9 rings (SSSR count). The van der Waals surface area contributed by atoms with Gasteiger partial charge in [0.15, 0.2) is 17.5 Å². The maximum atomic E-state index is 15.4. The van der Waals surface area contributed by atoms with Crippen LogP contribution in [0.3, 0.4) is 0 Å². The minimum atomic E-state index is -0.638. The topological polar surface area (TPSA) is 43.6 Å². The molecule has 0 spiro atoms. The maximum absolute atomic E-state index is 15.4. The quantitative estimate of drug-likeness (QED) is 0.176. The van der Waals surface area contributed by atoms with E-state index in [2.05, 4.69) is 66.1 Å². The van der Waals surface area contributed by atoms with Crippen molar-refractivity contribution in [1.29, 1.82) is 0 Å². The van der Waals surface area contributed by atoms with Gasteiger partial charge in [0, 0.05) is 27.5 Å². The molecule has 9 aromatic rings. The summed E-state index contributed by atoms with van der Waals surface area (Å²) in [6.45, 7) is 2.07. The van der Waals surface area contributed by atoms with Crippen LogP contribution in [0.15, 0.2) is 164 Å². The Balaban J connectivity index is 1.37. The first-order valence-electron chi connectivity index (χ1n) is 17.1. The summed E-state index contributed by atoms with van der Waals surface area (Å²) in [4.78, 5) is 15.0. The molecule has 0 N–H and O–H groups in total. The minimum Gasteiger partial charge on any atom is -0.308 e. The molecule has 0 aliphatic rings. The molecule has 0 fully saturated rings. The second-order valence-corrected chi connectivity index (χ2v) is 12.8. The van der Waals surface area contributed by atoms with Crippen molar-refractivity contribution in [3.8, 4) is 62.1 Å². The van der Waals surface area contributed by atoms with Crippen molar-refractivity contribution < 1.29 is 8.78 Å². The third-order valence-corrected chi connectivity index (χ3v) is 9.49. The van der Waals surface area contributed by atoms with Gasteiger partial charge >= 0.3 is 0 Å². The maximum Gasteiger partial charge on any atom is 0.166 e. The normalized spacial score (nSPS) is 11.4. The predicted octanol–water partition coefficient (Wildman–Crippen LogP) is 11.9. The molecule has 0 bridgehead atoms. The average molecular weight is 677 g/mol. The Morgan fingerprint density at radius 2 is 0.981 bits per heavy atom. The van der Waals surface area contributed by atoms with Crippen LogP contribution in [0.2, 0.25) is 0 Å². The summed E-state index contributed by atoms with van der Waals surface area (Å²) >= 11 is 0. The number of hydrogen-bond acceptors (Lipinski definition) is 3. The van der Waals surface area contributed by atoms with Crippen molar-refractivity contribution in [1.82, 2.24) is 19.5 Å². The smallest absolute Gasteiger partial charge is 0.166 e. The van der Waals surface area contributed by atoms with Gasteiger partial charge in [-0.05, 0) is 60.0 Å². The van der Waals surface area contributed by atoms with E-state index in [1.807, 2.05) is 84.9 Å². The summed E-state index contributed by atoms with van der Waals surface area (Å²) in [7, 11) is 0. The summed E-state index contributed by atoms with van der Waals surface area (Å²) in [5.74, 6) is 0.192. The average Bonchev–Trinajstić information content (AvgIpc) is 3.52. The Hall–Kier alpha value is -6.79. The zero-order valence-electron chi connectivity index (χ0n) is 28.1. The Labute approximate surface area is 299 Å². The van der Waals surface area contributed by atoms with Crippen molar-refractivity contribution in [2.24, 2.45) is 0 Å². The highest BCUT2D eigenvalue weighted by Crippen LogP contribution is 2.40. The van der Waals surface area contributed by atoms with Crippen LogP contribution >= 0.6 is 0 Å². The number of aryl methyl sites for hydroxylation is 1. The molecule has 52 heavy (non-hydrogen) atoms. The van der Waals surface area contributed by atoms with E-state index in [1.54, 1.807) is 6.07 Å². The van der Waals surface area contributed by atoms with Crippen LogP contribution < -0.4 is 0 Å². The fourth-order valence-electron chi connectivity index (χ4n) is 6.92.